The highest BCUT2D eigenvalue weighted by Crippen LogP contribution is 2.32. The van der Waals surface area contributed by atoms with Crippen molar-refractivity contribution in [2.24, 2.45) is 5.92 Å². The van der Waals surface area contributed by atoms with Gasteiger partial charge < -0.3 is 14.6 Å². The van der Waals surface area contributed by atoms with Crippen LogP contribution in [0.2, 0.25) is 0 Å². The van der Waals surface area contributed by atoms with Crippen LogP contribution in [0.15, 0.2) is 47.1 Å². The number of carbonyl (C=O) groups excluding carboxylic acids is 2. The smallest absolute Gasteiger partial charge is 0.251 e. The molecule has 2 amide bonds. The van der Waals surface area contributed by atoms with E-state index in [0.29, 0.717) is 24.7 Å². The summed E-state index contributed by atoms with van der Waals surface area (Å²) in [7, 11) is 0. The lowest BCUT2D eigenvalue weighted by Crippen LogP contribution is -2.31. The van der Waals surface area contributed by atoms with Gasteiger partial charge in [0.2, 0.25) is 5.91 Å². The SMILES string of the molecule is O=C(NC1CC1)c1ccc(CN(Cc2ccco2)C(=O)C2CC2)cc1. The second-order valence-electron chi connectivity index (χ2n) is 6.99. The number of nitrogens with one attached hydrogen (secondary N) is 1. The van der Waals surface area contributed by atoms with Crippen molar-refractivity contribution >= 4 is 11.8 Å². The number of hydrogen-bond acceptors (Lipinski definition) is 3. The molecular formula is C20H22N2O3. The monoisotopic (exact) mass is 338 g/mol. The fourth-order valence-corrected chi connectivity index (χ4v) is 2.87. The minimum atomic E-state index is -0.0180. The molecule has 5 nitrogen and oxygen atoms in total. The summed E-state index contributed by atoms with van der Waals surface area (Å²) < 4.78 is 5.40. The number of carbonyl (C=O) groups is 2. The molecule has 0 spiro atoms. The summed E-state index contributed by atoms with van der Waals surface area (Å²) in [5.74, 6) is 1.12. The number of nitrogens with zero attached hydrogens (tertiary/aromatic N) is 1. The minimum Gasteiger partial charge on any atom is -0.467 e. The van der Waals surface area contributed by atoms with E-state index in [1.165, 1.54) is 0 Å². The minimum absolute atomic E-state index is 0.0180. The fourth-order valence-electron chi connectivity index (χ4n) is 2.87. The molecule has 1 heterocycles. The highest BCUT2D eigenvalue weighted by atomic mass is 16.3. The van der Waals surface area contributed by atoms with Crippen LogP contribution in [-0.4, -0.2) is 22.8 Å². The molecule has 0 radical (unpaired) electrons. The van der Waals surface area contributed by atoms with E-state index in [2.05, 4.69) is 5.32 Å². The summed E-state index contributed by atoms with van der Waals surface area (Å²) in [6.45, 7) is 1.01. The van der Waals surface area contributed by atoms with Gasteiger partial charge in [0, 0.05) is 24.1 Å². The molecule has 0 unspecified atom stereocenters. The van der Waals surface area contributed by atoms with Crippen molar-refractivity contribution in [2.75, 3.05) is 0 Å². The van der Waals surface area contributed by atoms with Crippen LogP contribution in [0.3, 0.4) is 0 Å². The maximum absolute atomic E-state index is 12.6. The third-order valence-electron chi connectivity index (χ3n) is 4.67. The number of amides is 2. The van der Waals surface area contributed by atoms with Gasteiger partial charge in [-0.15, -0.1) is 0 Å². The first-order chi connectivity index (χ1) is 12.2. The summed E-state index contributed by atoms with van der Waals surface area (Å²) in [5.41, 5.74) is 1.69. The van der Waals surface area contributed by atoms with Gasteiger partial charge in [-0.3, -0.25) is 9.59 Å². The van der Waals surface area contributed by atoms with Crippen LogP contribution in [-0.2, 0) is 17.9 Å². The predicted molar refractivity (Wildman–Crippen MR) is 92.6 cm³/mol. The Morgan fingerprint density at radius 3 is 2.40 bits per heavy atom. The van der Waals surface area contributed by atoms with Gasteiger partial charge in [-0.25, -0.2) is 0 Å². The van der Waals surface area contributed by atoms with Crippen LogP contribution < -0.4 is 5.32 Å². The Kier molecular flexibility index (Phi) is 4.30. The zero-order chi connectivity index (χ0) is 17.2. The van der Waals surface area contributed by atoms with Crippen LogP contribution in [0.1, 0.15) is 47.4 Å². The van der Waals surface area contributed by atoms with Gasteiger partial charge in [0.25, 0.3) is 5.91 Å². The van der Waals surface area contributed by atoms with Gasteiger partial charge in [0.15, 0.2) is 0 Å². The molecule has 1 N–H and O–H groups in total. The Hall–Kier alpha value is -2.56. The Labute approximate surface area is 147 Å². The van der Waals surface area contributed by atoms with Crippen LogP contribution in [0.5, 0.6) is 0 Å². The highest BCUT2D eigenvalue weighted by Gasteiger charge is 2.33. The van der Waals surface area contributed by atoms with Gasteiger partial charge in [-0.05, 0) is 55.5 Å². The highest BCUT2D eigenvalue weighted by molar-refractivity contribution is 5.94. The molecule has 2 saturated carbocycles. The first-order valence-corrected chi connectivity index (χ1v) is 8.90. The molecule has 0 bridgehead atoms. The number of furan rings is 1. The van der Waals surface area contributed by atoms with E-state index in [9.17, 15) is 9.59 Å². The average Bonchev–Trinajstić information content (AvgIpc) is 3.55. The molecular weight excluding hydrogens is 316 g/mol. The molecule has 2 aliphatic rings. The Morgan fingerprint density at radius 2 is 1.80 bits per heavy atom. The summed E-state index contributed by atoms with van der Waals surface area (Å²) in [6.07, 6.45) is 5.74. The van der Waals surface area contributed by atoms with E-state index >= 15 is 0 Å². The van der Waals surface area contributed by atoms with Crippen molar-refractivity contribution < 1.29 is 14.0 Å². The maximum Gasteiger partial charge on any atom is 0.251 e. The quantitative estimate of drug-likeness (QED) is 0.844. The lowest BCUT2D eigenvalue weighted by molar-refractivity contribution is -0.134. The van der Waals surface area contributed by atoms with Crippen molar-refractivity contribution in [2.45, 2.75) is 44.8 Å². The molecule has 0 atom stereocenters. The second-order valence-corrected chi connectivity index (χ2v) is 6.99. The van der Waals surface area contributed by atoms with Gasteiger partial charge in [0.05, 0.1) is 12.8 Å². The molecule has 25 heavy (non-hydrogen) atoms. The second kappa shape index (κ2) is 6.75. The Morgan fingerprint density at radius 1 is 1.04 bits per heavy atom. The molecule has 2 aliphatic carbocycles. The van der Waals surface area contributed by atoms with Crippen molar-refractivity contribution in [1.29, 1.82) is 0 Å². The first kappa shape index (κ1) is 15.9. The number of hydrogen-bond donors (Lipinski definition) is 1. The third-order valence-corrected chi connectivity index (χ3v) is 4.67. The van der Waals surface area contributed by atoms with Crippen molar-refractivity contribution in [3.05, 3.63) is 59.5 Å². The topological polar surface area (TPSA) is 62.6 Å². The van der Waals surface area contributed by atoms with E-state index in [4.69, 9.17) is 4.42 Å². The summed E-state index contributed by atoms with van der Waals surface area (Å²) >= 11 is 0. The average molecular weight is 338 g/mol. The lowest BCUT2D eigenvalue weighted by atomic mass is 10.1. The summed E-state index contributed by atoms with van der Waals surface area (Å²) in [5, 5.41) is 2.99. The molecule has 130 valence electrons. The van der Waals surface area contributed by atoms with Crippen molar-refractivity contribution in [1.82, 2.24) is 10.2 Å². The lowest BCUT2D eigenvalue weighted by Gasteiger charge is -2.22. The van der Waals surface area contributed by atoms with Gasteiger partial charge in [-0.2, -0.15) is 0 Å². The molecule has 1 aromatic carbocycles. The fraction of sp³-hybridized carbons (Fsp3) is 0.400. The van der Waals surface area contributed by atoms with Crippen LogP contribution in [0.25, 0.3) is 0 Å². The molecule has 5 heteroatoms. The molecule has 2 fully saturated rings. The van der Waals surface area contributed by atoms with Crippen LogP contribution in [0, 0.1) is 5.92 Å². The molecule has 0 aliphatic heterocycles. The summed E-state index contributed by atoms with van der Waals surface area (Å²) in [4.78, 5) is 26.5. The van der Waals surface area contributed by atoms with Crippen LogP contribution in [0.4, 0.5) is 0 Å². The van der Waals surface area contributed by atoms with Gasteiger partial charge in [0.1, 0.15) is 5.76 Å². The van der Waals surface area contributed by atoms with Gasteiger partial charge in [-0.1, -0.05) is 12.1 Å². The van der Waals surface area contributed by atoms with Crippen LogP contribution >= 0.6 is 0 Å². The van der Waals surface area contributed by atoms with Gasteiger partial charge >= 0.3 is 0 Å². The van der Waals surface area contributed by atoms with E-state index in [1.54, 1.807) is 6.26 Å². The zero-order valence-corrected chi connectivity index (χ0v) is 14.1. The predicted octanol–water partition coefficient (Wildman–Crippen LogP) is 3.11. The molecule has 4 rings (SSSR count). The van der Waals surface area contributed by atoms with Crippen molar-refractivity contribution in [3.8, 4) is 0 Å². The molecule has 0 saturated heterocycles. The number of rotatable bonds is 7. The van der Waals surface area contributed by atoms with E-state index < -0.39 is 0 Å². The Balaban J connectivity index is 1.43. The van der Waals surface area contributed by atoms with E-state index in [1.807, 2.05) is 41.3 Å². The summed E-state index contributed by atoms with van der Waals surface area (Å²) in [6, 6.07) is 11.6. The standard InChI is InChI=1S/C20H22N2O3/c23-19(21-17-9-10-17)15-5-3-14(4-6-15)12-22(20(24)16-7-8-16)13-18-2-1-11-25-18/h1-6,11,16-17H,7-10,12-13H2,(H,21,23). The normalized spacial score (nSPS) is 16.5. The third kappa shape index (κ3) is 4.10. The molecule has 1 aromatic heterocycles. The Bertz CT molecular complexity index is 744. The largest absolute Gasteiger partial charge is 0.467 e. The van der Waals surface area contributed by atoms with Crippen molar-refractivity contribution in [3.63, 3.8) is 0 Å². The maximum atomic E-state index is 12.6. The van der Waals surface area contributed by atoms with E-state index in [-0.39, 0.29) is 17.7 Å². The molecule has 2 aromatic rings. The van der Waals surface area contributed by atoms with E-state index in [0.717, 1.165) is 37.0 Å². The number of benzene rings is 1. The zero-order valence-electron chi connectivity index (χ0n) is 14.1. The first-order valence-electron chi connectivity index (χ1n) is 8.90.